The van der Waals surface area contributed by atoms with Gasteiger partial charge in [0.1, 0.15) is 11.5 Å². The maximum absolute atomic E-state index is 13.9. The van der Waals surface area contributed by atoms with Crippen LogP contribution in [0.4, 0.5) is 9.52 Å². The number of anilines is 1. The Morgan fingerprint density at radius 3 is 2.97 bits per heavy atom. The Kier molecular flexibility index (Phi) is 5.07. The number of fused-ring (bicyclic) bond motifs is 2. The zero-order valence-electron chi connectivity index (χ0n) is 17.3. The zero-order valence-corrected chi connectivity index (χ0v) is 18.1. The molecule has 2 atom stereocenters. The third-order valence-electron chi connectivity index (χ3n) is 6.42. The number of nitrogens with one attached hydrogen (secondary N) is 1. The van der Waals surface area contributed by atoms with Crippen LogP contribution in [0.3, 0.4) is 0 Å². The van der Waals surface area contributed by atoms with Gasteiger partial charge < -0.3 is 20.4 Å². The number of aromatic nitrogens is 1. The fourth-order valence-corrected chi connectivity index (χ4v) is 5.44. The highest BCUT2D eigenvalue weighted by Gasteiger charge is 2.35. The van der Waals surface area contributed by atoms with Crippen LogP contribution in [0.2, 0.25) is 0 Å². The number of nitrogens with zero attached hydrogens (tertiary/aromatic N) is 3. The van der Waals surface area contributed by atoms with E-state index in [0.717, 1.165) is 35.0 Å². The zero-order chi connectivity index (χ0) is 21.8. The molecule has 0 saturated heterocycles. The number of rotatable bonds is 5. The molecule has 0 aromatic carbocycles. The number of aliphatic imine (C=N–C) groups is 1. The molecule has 31 heavy (non-hydrogen) atoms. The Morgan fingerprint density at radius 1 is 1.45 bits per heavy atom. The molecule has 2 aliphatic carbocycles. The standard InChI is InChI=1S/C22H25FN4O3S/c1-12(28)14-7-13(23)8-17-15(14)9-18(25-17)20(29)27-6-3-16-19(10-27)31-21(26-16)24-11-22(30)4-2-5-22/h7-9,12,15,28,30H,2-6,10-11H2,1H3,(H,24,26). The van der Waals surface area contributed by atoms with Gasteiger partial charge in [-0.15, -0.1) is 0 Å². The summed E-state index contributed by atoms with van der Waals surface area (Å²) >= 11 is 1.52. The van der Waals surface area contributed by atoms with Crippen LogP contribution in [-0.2, 0) is 17.8 Å². The molecule has 5 rings (SSSR count). The van der Waals surface area contributed by atoms with E-state index in [-0.39, 0.29) is 17.5 Å². The number of carbonyl (C=O) groups excluding carboxylic acids is 1. The van der Waals surface area contributed by atoms with Crippen molar-refractivity contribution in [2.45, 2.75) is 50.9 Å². The molecule has 1 aromatic heterocycles. The minimum absolute atomic E-state index is 0.196. The molecule has 1 aromatic rings. The maximum Gasteiger partial charge on any atom is 0.272 e. The summed E-state index contributed by atoms with van der Waals surface area (Å²) in [5, 5.41) is 24.3. The van der Waals surface area contributed by atoms with E-state index in [9.17, 15) is 19.4 Å². The second-order valence-corrected chi connectivity index (χ2v) is 9.80. The Bertz CT molecular complexity index is 1050. The molecule has 2 unspecified atom stereocenters. The van der Waals surface area contributed by atoms with Crippen molar-refractivity contribution in [2.24, 2.45) is 10.9 Å². The fourth-order valence-electron chi connectivity index (χ4n) is 4.42. The number of hydrogen-bond acceptors (Lipinski definition) is 7. The Morgan fingerprint density at radius 2 is 2.26 bits per heavy atom. The summed E-state index contributed by atoms with van der Waals surface area (Å²) in [5.74, 6) is -1.03. The third-order valence-corrected chi connectivity index (χ3v) is 7.46. The van der Waals surface area contributed by atoms with Gasteiger partial charge >= 0.3 is 0 Å². The fraction of sp³-hybridized carbons (Fsp3) is 0.500. The SMILES string of the molecule is CC(O)C1=CC(F)=CC2=NC(C(=O)N3CCc4nc(NCC5(O)CCC5)sc4C3)=CC12. The van der Waals surface area contributed by atoms with Crippen molar-refractivity contribution in [3.63, 3.8) is 0 Å². The summed E-state index contributed by atoms with van der Waals surface area (Å²) < 4.78 is 13.9. The lowest BCUT2D eigenvalue weighted by atomic mass is 9.80. The lowest BCUT2D eigenvalue weighted by Crippen LogP contribution is -2.43. The van der Waals surface area contributed by atoms with Gasteiger partial charge in [0.05, 0.1) is 29.7 Å². The number of hydrogen-bond donors (Lipinski definition) is 3. The first-order valence-corrected chi connectivity index (χ1v) is 11.4. The highest BCUT2D eigenvalue weighted by atomic mass is 32.1. The summed E-state index contributed by atoms with van der Waals surface area (Å²) in [6.45, 7) is 3.07. The van der Waals surface area contributed by atoms with Crippen LogP contribution in [0.25, 0.3) is 0 Å². The van der Waals surface area contributed by atoms with E-state index in [1.807, 2.05) is 0 Å². The van der Waals surface area contributed by atoms with E-state index in [4.69, 9.17) is 0 Å². The summed E-state index contributed by atoms with van der Waals surface area (Å²) in [5.41, 5.74) is 1.62. The van der Waals surface area contributed by atoms with Gasteiger partial charge in [-0.3, -0.25) is 4.79 Å². The molecule has 3 heterocycles. The molecule has 9 heteroatoms. The van der Waals surface area contributed by atoms with Crippen LogP contribution in [0, 0.1) is 5.92 Å². The van der Waals surface area contributed by atoms with E-state index in [1.54, 1.807) is 17.9 Å². The average molecular weight is 445 g/mol. The topological polar surface area (TPSA) is 98.1 Å². The molecule has 1 amide bonds. The quantitative estimate of drug-likeness (QED) is 0.648. The largest absolute Gasteiger partial charge is 0.389 e. The normalized spacial score (nSPS) is 24.8. The van der Waals surface area contributed by atoms with Crippen molar-refractivity contribution in [1.82, 2.24) is 9.88 Å². The molecule has 2 aliphatic heterocycles. The molecule has 7 nitrogen and oxygen atoms in total. The van der Waals surface area contributed by atoms with Crippen LogP contribution >= 0.6 is 11.3 Å². The highest BCUT2D eigenvalue weighted by molar-refractivity contribution is 7.15. The van der Waals surface area contributed by atoms with Gasteiger partial charge in [0, 0.05) is 30.3 Å². The Labute approximate surface area is 183 Å². The van der Waals surface area contributed by atoms with Crippen molar-refractivity contribution >= 4 is 28.1 Å². The monoisotopic (exact) mass is 444 g/mol. The van der Waals surface area contributed by atoms with Gasteiger partial charge in [0.2, 0.25) is 0 Å². The first-order chi connectivity index (χ1) is 14.8. The van der Waals surface area contributed by atoms with Gasteiger partial charge in [-0.2, -0.15) is 0 Å². The van der Waals surface area contributed by atoms with E-state index >= 15 is 0 Å². The molecular weight excluding hydrogens is 419 g/mol. The van der Waals surface area contributed by atoms with E-state index in [2.05, 4.69) is 15.3 Å². The number of amides is 1. The number of aliphatic hydroxyl groups is 2. The molecule has 0 bridgehead atoms. The number of thiazole rings is 1. The molecule has 3 N–H and O–H groups in total. The van der Waals surface area contributed by atoms with Crippen molar-refractivity contribution in [3.05, 3.63) is 45.9 Å². The van der Waals surface area contributed by atoms with Crippen LogP contribution in [0.5, 0.6) is 0 Å². The minimum Gasteiger partial charge on any atom is -0.389 e. The predicted molar refractivity (Wildman–Crippen MR) is 116 cm³/mol. The van der Waals surface area contributed by atoms with E-state index < -0.39 is 17.5 Å². The molecule has 0 radical (unpaired) electrons. The number of allylic oxidation sites excluding steroid dienone is 4. The van der Waals surface area contributed by atoms with Gasteiger partial charge in [0.25, 0.3) is 5.91 Å². The van der Waals surface area contributed by atoms with Crippen molar-refractivity contribution in [3.8, 4) is 0 Å². The Hall–Kier alpha value is -2.36. The van der Waals surface area contributed by atoms with Gasteiger partial charge in [0.15, 0.2) is 5.13 Å². The van der Waals surface area contributed by atoms with Crippen molar-refractivity contribution in [1.29, 1.82) is 0 Å². The first-order valence-electron chi connectivity index (χ1n) is 10.6. The van der Waals surface area contributed by atoms with Crippen LogP contribution < -0.4 is 5.32 Å². The summed E-state index contributed by atoms with van der Waals surface area (Å²) in [6, 6.07) is 0. The van der Waals surface area contributed by atoms with E-state index in [0.29, 0.717) is 37.3 Å². The van der Waals surface area contributed by atoms with Crippen LogP contribution in [0.1, 0.15) is 36.8 Å². The highest BCUT2D eigenvalue weighted by Crippen LogP contribution is 2.35. The Balaban J connectivity index is 1.28. The predicted octanol–water partition coefficient (Wildman–Crippen LogP) is 2.48. The second kappa shape index (κ2) is 7.65. The summed E-state index contributed by atoms with van der Waals surface area (Å²) in [4.78, 5) is 24.9. The second-order valence-electron chi connectivity index (χ2n) is 8.71. The van der Waals surface area contributed by atoms with Gasteiger partial charge in [-0.25, -0.2) is 14.4 Å². The molecule has 1 fully saturated rings. The third kappa shape index (κ3) is 3.86. The smallest absolute Gasteiger partial charge is 0.272 e. The molecule has 4 aliphatic rings. The van der Waals surface area contributed by atoms with Crippen LogP contribution in [0.15, 0.2) is 40.3 Å². The van der Waals surface area contributed by atoms with E-state index in [1.165, 1.54) is 23.5 Å². The lowest BCUT2D eigenvalue weighted by molar-refractivity contribution is -0.128. The van der Waals surface area contributed by atoms with Crippen molar-refractivity contribution < 1.29 is 19.4 Å². The van der Waals surface area contributed by atoms with Crippen LogP contribution in [-0.4, -0.2) is 56.5 Å². The lowest BCUT2D eigenvalue weighted by Gasteiger charge is -2.36. The van der Waals surface area contributed by atoms with Gasteiger partial charge in [-0.1, -0.05) is 11.3 Å². The number of halogens is 1. The number of aliphatic hydroxyl groups excluding tert-OH is 1. The van der Waals surface area contributed by atoms with Gasteiger partial charge in [-0.05, 0) is 50.0 Å². The summed E-state index contributed by atoms with van der Waals surface area (Å²) in [7, 11) is 0. The average Bonchev–Trinajstić information content (AvgIpc) is 3.32. The molecule has 0 spiro atoms. The maximum atomic E-state index is 13.9. The van der Waals surface area contributed by atoms with Crippen molar-refractivity contribution in [2.75, 3.05) is 18.4 Å². The first kappa shape index (κ1) is 20.5. The minimum atomic E-state index is -0.820. The molecular formula is C22H25FN4O3S. The summed E-state index contributed by atoms with van der Waals surface area (Å²) in [6.07, 6.45) is 6.88. The molecule has 164 valence electrons. The molecule has 1 saturated carbocycles. The number of carbonyl (C=O) groups is 1.